The number of guanidine groups is 1. The SMILES string of the molecule is CCC1CCCCN1CCNC(=NC)NC1C2CCOC2C12CCC2. The summed E-state index contributed by atoms with van der Waals surface area (Å²) in [5.41, 5.74) is 0.416. The van der Waals surface area contributed by atoms with E-state index in [0.717, 1.165) is 31.7 Å². The van der Waals surface area contributed by atoms with Crippen molar-refractivity contribution in [2.45, 2.75) is 76.5 Å². The van der Waals surface area contributed by atoms with E-state index in [1.807, 2.05) is 7.05 Å². The van der Waals surface area contributed by atoms with E-state index in [1.54, 1.807) is 0 Å². The van der Waals surface area contributed by atoms with Crippen molar-refractivity contribution in [3.8, 4) is 0 Å². The summed E-state index contributed by atoms with van der Waals surface area (Å²) < 4.78 is 6.03. The molecular formula is C20H36N4O. The van der Waals surface area contributed by atoms with Crippen LogP contribution >= 0.6 is 0 Å². The van der Waals surface area contributed by atoms with Crippen molar-refractivity contribution >= 4 is 5.96 Å². The lowest BCUT2D eigenvalue weighted by Crippen LogP contribution is -2.72. The van der Waals surface area contributed by atoms with Crippen LogP contribution in [0.5, 0.6) is 0 Å². The van der Waals surface area contributed by atoms with Gasteiger partial charge in [0.2, 0.25) is 0 Å². The third kappa shape index (κ3) is 3.08. The fourth-order valence-electron chi connectivity index (χ4n) is 5.93. The van der Waals surface area contributed by atoms with Gasteiger partial charge in [-0.05, 0) is 45.1 Å². The minimum Gasteiger partial charge on any atom is -0.377 e. The number of fused-ring (bicyclic) bond motifs is 2. The van der Waals surface area contributed by atoms with Gasteiger partial charge in [-0.1, -0.05) is 19.8 Å². The standard InChI is InChI=1S/C20H36N4O/c1-3-15-7-4-5-12-24(15)13-11-22-19(21-2)23-17-16-8-14-25-18(16)20(17)9-6-10-20/h15-18H,3-14H2,1-2H3,(H2,21,22,23). The minimum atomic E-state index is 0.416. The highest BCUT2D eigenvalue weighted by molar-refractivity contribution is 5.80. The number of ether oxygens (including phenoxy) is 1. The van der Waals surface area contributed by atoms with E-state index >= 15 is 0 Å². The summed E-state index contributed by atoms with van der Waals surface area (Å²) in [6.07, 6.45) is 11.2. The summed E-state index contributed by atoms with van der Waals surface area (Å²) in [5, 5.41) is 7.35. The van der Waals surface area contributed by atoms with Crippen molar-refractivity contribution in [1.82, 2.24) is 15.5 Å². The van der Waals surface area contributed by atoms with E-state index in [0.29, 0.717) is 23.5 Å². The maximum absolute atomic E-state index is 6.03. The topological polar surface area (TPSA) is 48.9 Å². The molecule has 5 nitrogen and oxygen atoms in total. The van der Waals surface area contributed by atoms with Crippen LogP contribution in [0.25, 0.3) is 0 Å². The monoisotopic (exact) mass is 348 g/mol. The zero-order valence-corrected chi connectivity index (χ0v) is 16.1. The number of nitrogens with one attached hydrogen (secondary N) is 2. The zero-order valence-electron chi connectivity index (χ0n) is 16.1. The van der Waals surface area contributed by atoms with Gasteiger partial charge in [0.1, 0.15) is 0 Å². The van der Waals surface area contributed by atoms with Gasteiger partial charge in [-0.15, -0.1) is 0 Å². The van der Waals surface area contributed by atoms with Crippen LogP contribution in [-0.2, 0) is 4.74 Å². The number of hydrogen-bond donors (Lipinski definition) is 2. The third-order valence-corrected chi connectivity index (χ3v) is 7.46. The molecule has 0 amide bonds. The second-order valence-electron chi connectivity index (χ2n) is 8.55. The lowest BCUT2D eigenvalue weighted by Gasteiger charge is -2.63. The van der Waals surface area contributed by atoms with Gasteiger partial charge in [0.15, 0.2) is 5.96 Å². The molecule has 0 radical (unpaired) electrons. The van der Waals surface area contributed by atoms with Crippen LogP contribution in [0.15, 0.2) is 4.99 Å². The van der Waals surface area contributed by atoms with Crippen molar-refractivity contribution < 1.29 is 4.74 Å². The van der Waals surface area contributed by atoms with Crippen LogP contribution < -0.4 is 10.6 Å². The normalized spacial score (nSPS) is 37.3. The highest BCUT2D eigenvalue weighted by Gasteiger charge is 2.66. The largest absolute Gasteiger partial charge is 0.377 e. The Bertz CT molecular complexity index is 490. The maximum Gasteiger partial charge on any atom is 0.191 e. The molecule has 2 heterocycles. The molecule has 4 aliphatic rings. The summed E-state index contributed by atoms with van der Waals surface area (Å²) in [7, 11) is 1.90. The van der Waals surface area contributed by atoms with Crippen LogP contribution in [0.1, 0.15) is 58.3 Å². The Hall–Kier alpha value is -0.810. The Kier molecular flexibility index (Phi) is 5.23. The van der Waals surface area contributed by atoms with E-state index in [2.05, 4.69) is 27.4 Å². The van der Waals surface area contributed by atoms with Gasteiger partial charge >= 0.3 is 0 Å². The molecule has 2 aliphatic heterocycles. The first-order valence-corrected chi connectivity index (χ1v) is 10.6. The van der Waals surface area contributed by atoms with Gasteiger partial charge in [-0.25, -0.2) is 0 Å². The summed E-state index contributed by atoms with van der Waals surface area (Å²) >= 11 is 0. The molecule has 142 valence electrons. The Morgan fingerprint density at radius 2 is 2.12 bits per heavy atom. The fourth-order valence-corrected chi connectivity index (χ4v) is 5.93. The number of likely N-dealkylation sites (tertiary alicyclic amines) is 1. The smallest absolute Gasteiger partial charge is 0.191 e. The van der Waals surface area contributed by atoms with Crippen LogP contribution in [-0.4, -0.2) is 62.3 Å². The molecule has 1 spiro atoms. The van der Waals surface area contributed by atoms with Crippen molar-refractivity contribution in [1.29, 1.82) is 0 Å². The number of nitrogens with zero attached hydrogens (tertiary/aromatic N) is 2. The first-order valence-electron chi connectivity index (χ1n) is 10.6. The molecule has 5 heteroatoms. The van der Waals surface area contributed by atoms with Crippen LogP contribution in [0.4, 0.5) is 0 Å². The first-order chi connectivity index (χ1) is 12.3. The second-order valence-corrected chi connectivity index (χ2v) is 8.55. The van der Waals surface area contributed by atoms with Crippen LogP contribution in [0, 0.1) is 11.3 Å². The molecule has 25 heavy (non-hydrogen) atoms. The Morgan fingerprint density at radius 1 is 1.24 bits per heavy atom. The Balaban J connectivity index is 1.27. The highest BCUT2D eigenvalue weighted by atomic mass is 16.5. The molecule has 4 unspecified atom stereocenters. The molecule has 2 saturated heterocycles. The van der Waals surface area contributed by atoms with E-state index in [9.17, 15) is 0 Å². The van der Waals surface area contributed by atoms with E-state index in [1.165, 1.54) is 57.9 Å². The van der Waals surface area contributed by atoms with Gasteiger partial charge in [0, 0.05) is 50.2 Å². The molecule has 0 aromatic carbocycles. The molecule has 2 saturated carbocycles. The lowest BCUT2D eigenvalue weighted by molar-refractivity contribution is -0.171. The zero-order chi connectivity index (χ0) is 17.3. The van der Waals surface area contributed by atoms with Gasteiger partial charge < -0.3 is 15.4 Å². The minimum absolute atomic E-state index is 0.416. The van der Waals surface area contributed by atoms with Gasteiger partial charge in [0.25, 0.3) is 0 Å². The molecule has 4 fully saturated rings. The van der Waals surface area contributed by atoms with Gasteiger partial charge in [0.05, 0.1) is 6.10 Å². The lowest BCUT2D eigenvalue weighted by atomic mass is 9.46. The van der Waals surface area contributed by atoms with Crippen molar-refractivity contribution in [3.63, 3.8) is 0 Å². The fraction of sp³-hybridized carbons (Fsp3) is 0.950. The van der Waals surface area contributed by atoms with Crippen molar-refractivity contribution in [2.24, 2.45) is 16.3 Å². The van der Waals surface area contributed by atoms with E-state index in [-0.39, 0.29) is 0 Å². The summed E-state index contributed by atoms with van der Waals surface area (Å²) in [5.74, 6) is 1.69. The van der Waals surface area contributed by atoms with Gasteiger partial charge in [-0.3, -0.25) is 9.89 Å². The molecule has 0 aromatic heterocycles. The molecule has 2 N–H and O–H groups in total. The third-order valence-electron chi connectivity index (χ3n) is 7.46. The number of aliphatic imine (C=N–C) groups is 1. The van der Waals surface area contributed by atoms with E-state index < -0.39 is 0 Å². The van der Waals surface area contributed by atoms with E-state index in [4.69, 9.17) is 4.74 Å². The molecule has 2 aliphatic carbocycles. The summed E-state index contributed by atoms with van der Waals surface area (Å²) in [6, 6.07) is 1.35. The van der Waals surface area contributed by atoms with Crippen LogP contribution in [0.2, 0.25) is 0 Å². The quantitative estimate of drug-likeness (QED) is 0.592. The average molecular weight is 349 g/mol. The van der Waals surface area contributed by atoms with Crippen LogP contribution in [0.3, 0.4) is 0 Å². The number of hydrogen-bond acceptors (Lipinski definition) is 3. The predicted molar refractivity (Wildman–Crippen MR) is 102 cm³/mol. The number of rotatable bonds is 5. The van der Waals surface area contributed by atoms with Gasteiger partial charge in [-0.2, -0.15) is 0 Å². The maximum atomic E-state index is 6.03. The molecule has 4 atom stereocenters. The summed E-state index contributed by atoms with van der Waals surface area (Å²) in [4.78, 5) is 7.17. The molecular weight excluding hydrogens is 312 g/mol. The van der Waals surface area contributed by atoms with Crippen molar-refractivity contribution in [3.05, 3.63) is 0 Å². The average Bonchev–Trinajstić information content (AvgIpc) is 3.02. The molecule has 0 aromatic rings. The number of piperidine rings is 1. The Morgan fingerprint density at radius 3 is 2.84 bits per heavy atom. The molecule has 0 bridgehead atoms. The highest BCUT2D eigenvalue weighted by Crippen LogP contribution is 2.62. The summed E-state index contributed by atoms with van der Waals surface area (Å²) in [6.45, 7) is 6.66. The van der Waals surface area contributed by atoms with Crippen molar-refractivity contribution in [2.75, 3.05) is 33.3 Å². The predicted octanol–water partition coefficient (Wildman–Crippen LogP) is 2.37. The first kappa shape index (κ1) is 17.6. The Labute approximate surface area is 153 Å². The molecule has 4 rings (SSSR count). The second kappa shape index (κ2) is 7.43.